The lowest BCUT2D eigenvalue weighted by Crippen LogP contribution is -2.46. The summed E-state index contributed by atoms with van der Waals surface area (Å²) in [5.74, 6) is -2.82. The van der Waals surface area contributed by atoms with Crippen molar-refractivity contribution in [3.8, 4) is 5.75 Å². The van der Waals surface area contributed by atoms with Crippen LogP contribution in [0, 0.1) is 23.6 Å². The Hall–Kier alpha value is -3.57. The van der Waals surface area contributed by atoms with Gasteiger partial charge >= 0.3 is 7.12 Å². The second kappa shape index (κ2) is 12.6. The van der Waals surface area contributed by atoms with Crippen LogP contribution < -0.4 is 0 Å². The number of hydrogen-bond donors (Lipinski definition) is 2. The van der Waals surface area contributed by atoms with E-state index >= 15 is 0 Å². The number of phenols is 1. The van der Waals surface area contributed by atoms with Crippen molar-refractivity contribution < 1.29 is 33.5 Å². The third kappa shape index (κ3) is 5.97. The van der Waals surface area contributed by atoms with Gasteiger partial charge in [0.05, 0.1) is 31.1 Å². The molecule has 43 heavy (non-hydrogen) atoms. The summed E-state index contributed by atoms with van der Waals surface area (Å²) in [5.41, 5.74) is 4.41. The number of allylic oxidation sites excluding steroid dienone is 1. The summed E-state index contributed by atoms with van der Waals surface area (Å²) in [6, 6.07) is 17.9. The molecule has 2 aromatic carbocycles. The molecule has 222 valence electrons. The molecule has 3 aromatic rings. The minimum absolute atomic E-state index is 0.163. The number of phenolic OH excluding ortho intramolecular Hbond substituents is 1. The first-order valence-electron chi connectivity index (χ1n) is 14.5. The minimum Gasteiger partial charge on any atom is -0.505 e. The van der Waals surface area contributed by atoms with Gasteiger partial charge in [0.25, 0.3) is 0 Å². The first-order valence-corrected chi connectivity index (χ1v) is 15.4. The lowest BCUT2D eigenvalue weighted by molar-refractivity contribution is -0.140. The highest BCUT2D eigenvalue weighted by atomic mass is 32.1. The molecule has 1 aliphatic carbocycles. The lowest BCUT2D eigenvalue weighted by Gasteiger charge is -2.43. The van der Waals surface area contributed by atoms with Crippen LogP contribution in [0.1, 0.15) is 35.3 Å². The number of rotatable bonds is 9. The highest BCUT2D eigenvalue weighted by Gasteiger charge is 2.57. The average molecular weight is 602 g/mol. The van der Waals surface area contributed by atoms with E-state index in [0.717, 1.165) is 27.2 Å². The minimum atomic E-state index is -1.08. The molecule has 10 heteroatoms. The van der Waals surface area contributed by atoms with Crippen LogP contribution in [0.4, 0.5) is 4.39 Å². The molecule has 6 rings (SSSR count). The second-order valence-electron chi connectivity index (χ2n) is 11.4. The summed E-state index contributed by atoms with van der Waals surface area (Å²) in [4.78, 5) is 29.7. The first-order chi connectivity index (χ1) is 20.8. The van der Waals surface area contributed by atoms with Crippen LogP contribution in [0.2, 0.25) is 6.32 Å². The van der Waals surface area contributed by atoms with Crippen LogP contribution in [-0.4, -0.2) is 53.8 Å². The normalized spacial score (nSPS) is 24.0. The van der Waals surface area contributed by atoms with Gasteiger partial charge in [0.1, 0.15) is 0 Å². The number of nitrogens with zero attached hydrogens (tertiary/aromatic N) is 1. The van der Waals surface area contributed by atoms with Gasteiger partial charge < -0.3 is 19.5 Å². The third-order valence-electron chi connectivity index (χ3n) is 8.74. The highest BCUT2D eigenvalue weighted by molar-refractivity contribution is 7.09. The summed E-state index contributed by atoms with van der Waals surface area (Å²) >= 11 is 1.51. The number of amides is 2. The molecule has 3 heterocycles. The molecule has 2 fully saturated rings. The van der Waals surface area contributed by atoms with Crippen molar-refractivity contribution in [2.45, 2.75) is 38.2 Å². The van der Waals surface area contributed by atoms with Crippen molar-refractivity contribution in [3.05, 3.63) is 99.0 Å². The quantitative estimate of drug-likeness (QED) is 0.144. The number of imide groups is 1. The van der Waals surface area contributed by atoms with Crippen LogP contribution in [0.5, 0.6) is 5.75 Å². The van der Waals surface area contributed by atoms with Crippen LogP contribution in [0.3, 0.4) is 0 Å². The number of carbonyl (C=O) groups excluding carboxylic acids is 2. The van der Waals surface area contributed by atoms with Crippen molar-refractivity contribution in [2.75, 3.05) is 13.7 Å². The fourth-order valence-corrected chi connectivity index (χ4v) is 7.60. The molecule has 0 spiro atoms. The van der Waals surface area contributed by atoms with Gasteiger partial charge in [0, 0.05) is 12.0 Å². The fraction of sp³-hybridized carbons (Fsp3) is 0.333. The van der Waals surface area contributed by atoms with E-state index in [1.165, 1.54) is 28.4 Å². The van der Waals surface area contributed by atoms with Gasteiger partial charge in [-0.3, -0.25) is 14.5 Å². The Bertz CT molecular complexity index is 1560. The third-order valence-corrected chi connectivity index (χ3v) is 9.61. The standard InChI is InChI=1S/C33H33BFNO6S/c1-41-19-23-16-25-31(33(39)36(32(25)38)18-24-8-5-13-43-24)26-17-34(40)42-29(30(23)26)12-10-22(21-6-3-2-4-7-21)14-20-9-11-28(37)27(35)15-20/h2-9,11,13-15,25-26,29,31,37,40H,10,12,16-19H2,1H3/b22-14-/t25-,26+,29-,31-/m1/s1. The maximum Gasteiger partial charge on any atom is 0.455 e. The summed E-state index contributed by atoms with van der Waals surface area (Å²) in [7, 11) is 0.533. The monoisotopic (exact) mass is 601 g/mol. The fourth-order valence-electron chi connectivity index (χ4n) is 6.90. The van der Waals surface area contributed by atoms with E-state index in [0.29, 0.717) is 31.4 Å². The van der Waals surface area contributed by atoms with Crippen LogP contribution >= 0.6 is 11.3 Å². The van der Waals surface area contributed by atoms with E-state index in [1.54, 1.807) is 13.2 Å². The van der Waals surface area contributed by atoms with E-state index in [9.17, 15) is 24.1 Å². The number of methoxy groups -OCH3 is 1. The predicted molar refractivity (Wildman–Crippen MR) is 163 cm³/mol. The number of hydrogen-bond acceptors (Lipinski definition) is 7. The second-order valence-corrected chi connectivity index (χ2v) is 12.4. The van der Waals surface area contributed by atoms with Gasteiger partial charge in [-0.05, 0) is 82.9 Å². The van der Waals surface area contributed by atoms with Gasteiger partial charge in [-0.2, -0.15) is 0 Å². The zero-order chi connectivity index (χ0) is 30.1. The molecule has 2 N–H and O–H groups in total. The van der Waals surface area contributed by atoms with Gasteiger partial charge in [-0.15, -0.1) is 11.3 Å². The van der Waals surface area contributed by atoms with E-state index in [4.69, 9.17) is 9.39 Å². The molecule has 2 saturated heterocycles. The molecular weight excluding hydrogens is 568 g/mol. The largest absolute Gasteiger partial charge is 0.505 e. The molecule has 0 saturated carbocycles. The van der Waals surface area contributed by atoms with Crippen molar-refractivity contribution in [2.24, 2.45) is 17.8 Å². The van der Waals surface area contributed by atoms with Gasteiger partial charge in [0.15, 0.2) is 11.6 Å². The smallest absolute Gasteiger partial charge is 0.455 e. The zero-order valence-corrected chi connectivity index (χ0v) is 24.6. The van der Waals surface area contributed by atoms with Crippen molar-refractivity contribution >= 4 is 41.9 Å². The molecular formula is C33H33BFNO6S. The molecule has 7 nitrogen and oxygen atoms in total. The molecule has 0 bridgehead atoms. The van der Waals surface area contributed by atoms with Crippen LogP contribution in [0.15, 0.2) is 77.2 Å². The predicted octanol–water partition coefficient (Wildman–Crippen LogP) is 5.56. The van der Waals surface area contributed by atoms with Crippen LogP contribution in [0.25, 0.3) is 11.6 Å². The number of likely N-dealkylation sites (tertiary alicyclic amines) is 1. The highest BCUT2D eigenvalue weighted by Crippen LogP contribution is 2.51. The number of halogens is 1. The number of benzene rings is 2. The van der Waals surface area contributed by atoms with E-state index in [2.05, 4.69) is 0 Å². The maximum absolute atomic E-state index is 14.2. The SMILES string of the molecule is COCC1=C2[C@@H](CC/C(=C/c3ccc(O)c(F)c3)c3ccccc3)OB(O)C[C@@H]2[C@@H]2C(=O)N(Cc3cccs3)C(=O)[C@@H]2C1. The Balaban J connectivity index is 1.31. The zero-order valence-electron chi connectivity index (χ0n) is 23.8. The Morgan fingerprint density at radius 2 is 1.95 bits per heavy atom. The summed E-state index contributed by atoms with van der Waals surface area (Å²) < 4.78 is 25.9. The first kappa shape index (κ1) is 29.5. The van der Waals surface area contributed by atoms with Gasteiger partial charge in [-0.25, -0.2) is 4.39 Å². The Morgan fingerprint density at radius 3 is 2.67 bits per heavy atom. The average Bonchev–Trinajstić information content (AvgIpc) is 3.60. The molecule has 3 aliphatic rings. The Labute approximate surface area is 254 Å². The lowest BCUT2D eigenvalue weighted by atomic mass is 9.58. The van der Waals surface area contributed by atoms with E-state index in [1.807, 2.05) is 53.9 Å². The van der Waals surface area contributed by atoms with Crippen molar-refractivity contribution in [1.82, 2.24) is 4.90 Å². The number of thiophene rings is 1. The molecule has 2 amide bonds. The number of ether oxygens (including phenoxy) is 1. The summed E-state index contributed by atoms with van der Waals surface area (Å²) in [5, 5.41) is 22.5. The van der Waals surface area contributed by atoms with Gasteiger partial charge in [0.2, 0.25) is 11.8 Å². The molecule has 2 aliphatic heterocycles. The Kier molecular flexibility index (Phi) is 8.63. The van der Waals surface area contributed by atoms with Crippen LogP contribution in [-0.2, 0) is 25.5 Å². The van der Waals surface area contributed by atoms with Gasteiger partial charge in [-0.1, -0.05) is 48.5 Å². The van der Waals surface area contributed by atoms with E-state index in [-0.39, 0.29) is 30.6 Å². The topological polar surface area (TPSA) is 96.3 Å². The van der Waals surface area contributed by atoms with Crippen molar-refractivity contribution in [1.29, 1.82) is 0 Å². The molecule has 0 unspecified atom stereocenters. The molecule has 4 atom stereocenters. The summed E-state index contributed by atoms with van der Waals surface area (Å²) in [6.07, 6.45) is 3.08. The molecule has 1 aromatic heterocycles. The number of carbonyl (C=O) groups is 2. The Morgan fingerprint density at radius 1 is 1.14 bits per heavy atom. The summed E-state index contributed by atoms with van der Waals surface area (Å²) in [6.45, 7) is 0.571. The number of aromatic hydroxyl groups is 1. The maximum atomic E-state index is 14.2. The number of fused-ring (bicyclic) bond motifs is 3. The van der Waals surface area contributed by atoms with E-state index < -0.39 is 36.6 Å². The molecule has 0 radical (unpaired) electrons. The van der Waals surface area contributed by atoms with Crippen molar-refractivity contribution in [3.63, 3.8) is 0 Å².